The second-order valence-electron chi connectivity index (χ2n) is 4.03. The molecule has 0 aliphatic rings. The van der Waals surface area contributed by atoms with Gasteiger partial charge in [0.2, 0.25) is 0 Å². The zero-order chi connectivity index (χ0) is 11.4. The molecule has 0 N–H and O–H groups in total. The topological polar surface area (TPSA) is 52.6 Å². The van der Waals surface area contributed by atoms with Gasteiger partial charge < -0.3 is 4.74 Å². The SMILES string of the molecule is C=C(C)C(=O)OCCOS(C)(C)(C)=O. The largest absolute Gasteiger partial charge is 0.460 e. The van der Waals surface area contributed by atoms with E-state index in [2.05, 4.69) is 6.58 Å². The Balaban J connectivity index is 3.74. The molecule has 0 rings (SSSR count). The third kappa shape index (κ3) is 7.94. The second kappa shape index (κ2) is 4.23. The Bertz CT molecular complexity index is 289. The highest BCUT2D eigenvalue weighted by molar-refractivity contribution is 8.14. The zero-order valence-electron chi connectivity index (χ0n) is 9.16. The van der Waals surface area contributed by atoms with Gasteiger partial charge in [-0.25, -0.2) is 9.00 Å². The first-order chi connectivity index (χ1) is 6.08. The first-order valence-electron chi connectivity index (χ1n) is 4.15. The predicted octanol–water partition coefficient (Wildman–Crippen LogP) is 0.747. The molecule has 0 aromatic rings. The molecular weight excluding hydrogens is 204 g/mol. The maximum absolute atomic E-state index is 11.6. The normalized spacial score (nSPS) is 14.1. The molecule has 4 nitrogen and oxygen atoms in total. The molecule has 0 aliphatic carbocycles. The Hall–Kier alpha value is -0.680. The van der Waals surface area contributed by atoms with Gasteiger partial charge in [-0.2, -0.15) is 9.35 Å². The summed E-state index contributed by atoms with van der Waals surface area (Å²) >= 11 is 0. The minimum atomic E-state index is -2.95. The zero-order valence-corrected chi connectivity index (χ0v) is 9.98. The van der Waals surface area contributed by atoms with Crippen molar-refractivity contribution in [1.82, 2.24) is 0 Å². The van der Waals surface area contributed by atoms with Crippen molar-refractivity contribution in [2.75, 3.05) is 32.0 Å². The lowest BCUT2D eigenvalue weighted by molar-refractivity contribution is -0.139. The molecule has 0 aromatic carbocycles. The molecule has 0 spiro atoms. The molecule has 0 saturated heterocycles. The molecule has 0 aromatic heterocycles. The molecule has 0 radical (unpaired) electrons. The maximum atomic E-state index is 11.6. The van der Waals surface area contributed by atoms with Gasteiger partial charge in [-0.05, 0) is 6.92 Å². The highest BCUT2D eigenvalue weighted by atomic mass is 32.3. The second-order valence-corrected chi connectivity index (χ2v) is 8.85. The third-order valence-electron chi connectivity index (χ3n) is 1.15. The molecule has 0 saturated carbocycles. The Morgan fingerprint density at radius 1 is 1.29 bits per heavy atom. The van der Waals surface area contributed by atoms with E-state index in [1.807, 2.05) is 0 Å². The van der Waals surface area contributed by atoms with Crippen molar-refractivity contribution in [3.05, 3.63) is 12.2 Å². The molecule has 0 atom stereocenters. The van der Waals surface area contributed by atoms with Crippen molar-refractivity contribution in [3.63, 3.8) is 0 Å². The molecule has 0 heterocycles. The van der Waals surface area contributed by atoms with E-state index in [0.717, 1.165) is 0 Å². The smallest absolute Gasteiger partial charge is 0.333 e. The van der Waals surface area contributed by atoms with Crippen LogP contribution in [-0.2, 0) is 23.1 Å². The van der Waals surface area contributed by atoms with E-state index in [1.165, 1.54) is 18.8 Å². The van der Waals surface area contributed by atoms with E-state index in [0.29, 0.717) is 5.57 Å². The summed E-state index contributed by atoms with van der Waals surface area (Å²) in [7, 11) is -2.95. The van der Waals surface area contributed by atoms with Crippen LogP contribution in [-0.4, -0.2) is 42.2 Å². The van der Waals surface area contributed by atoms with Crippen LogP contribution in [0.5, 0.6) is 0 Å². The predicted molar refractivity (Wildman–Crippen MR) is 57.6 cm³/mol. The van der Waals surface area contributed by atoms with Crippen molar-refractivity contribution < 1.29 is 17.9 Å². The number of rotatable bonds is 5. The van der Waals surface area contributed by atoms with Gasteiger partial charge in [0.05, 0.1) is 0 Å². The van der Waals surface area contributed by atoms with Crippen LogP contribution >= 0.6 is 0 Å². The fraction of sp³-hybridized carbons (Fsp3) is 0.667. The molecule has 0 fully saturated rings. The van der Waals surface area contributed by atoms with Crippen LogP contribution in [0.4, 0.5) is 0 Å². The Morgan fingerprint density at radius 3 is 2.14 bits per heavy atom. The van der Waals surface area contributed by atoms with Crippen LogP contribution in [0.25, 0.3) is 0 Å². The van der Waals surface area contributed by atoms with Crippen LogP contribution in [0.3, 0.4) is 0 Å². The highest BCUT2D eigenvalue weighted by Crippen LogP contribution is 2.12. The van der Waals surface area contributed by atoms with Gasteiger partial charge in [-0.3, -0.25) is 4.18 Å². The van der Waals surface area contributed by atoms with Crippen molar-refractivity contribution in [2.45, 2.75) is 6.92 Å². The summed E-state index contributed by atoms with van der Waals surface area (Å²) in [6, 6.07) is 0. The average Bonchev–Trinajstić information content (AvgIpc) is 1.94. The number of ether oxygens (including phenoxy) is 1. The standard InChI is InChI=1S/C9H18O4S/c1-8(2)9(10)12-6-7-13-14(3,4,5)11/h1,6-7H2,2-5H3. The molecule has 0 aliphatic heterocycles. The minimum absolute atomic E-state index is 0.0930. The Labute approximate surface area is 84.9 Å². The molecule has 0 amide bonds. The van der Waals surface area contributed by atoms with Crippen LogP contribution in [0, 0.1) is 0 Å². The molecule has 0 bridgehead atoms. The van der Waals surface area contributed by atoms with Gasteiger partial charge in [-0.1, -0.05) is 6.58 Å². The number of carbonyl (C=O) groups excluding carboxylic acids is 1. The van der Waals surface area contributed by atoms with Crippen LogP contribution in [0.1, 0.15) is 6.92 Å². The summed E-state index contributed by atoms with van der Waals surface area (Å²) in [5, 5.41) is 0. The summed E-state index contributed by atoms with van der Waals surface area (Å²) in [5.74, 6) is -0.458. The number of esters is 1. The van der Waals surface area contributed by atoms with E-state index in [4.69, 9.17) is 8.92 Å². The Morgan fingerprint density at radius 2 is 1.79 bits per heavy atom. The minimum Gasteiger partial charge on any atom is -0.460 e. The summed E-state index contributed by atoms with van der Waals surface area (Å²) in [4.78, 5) is 10.9. The maximum Gasteiger partial charge on any atom is 0.333 e. The number of hydrogen-bond acceptors (Lipinski definition) is 4. The lowest BCUT2D eigenvalue weighted by Crippen LogP contribution is -2.32. The lowest BCUT2D eigenvalue weighted by Gasteiger charge is -2.34. The van der Waals surface area contributed by atoms with Crippen molar-refractivity contribution in [3.8, 4) is 0 Å². The van der Waals surface area contributed by atoms with E-state index >= 15 is 0 Å². The van der Waals surface area contributed by atoms with Crippen LogP contribution in [0.15, 0.2) is 12.2 Å². The summed E-state index contributed by atoms with van der Waals surface area (Å²) < 4.78 is 21.4. The Kier molecular flexibility index (Phi) is 4.02. The van der Waals surface area contributed by atoms with Crippen molar-refractivity contribution in [2.24, 2.45) is 0 Å². The molecular formula is C9H18O4S. The molecule has 84 valence electrons. The summed E-state index contributed by atoms with van der Waals surface area (Å²) in [6.07, 6.45) is 4.58. The monoisotopic (exact) mass is 222 g/mol. The molecule has 5 heteroatoms. The van der Waals surface area contributed by atoms with Gasteiger partial charge in [-0.15, -0.1) is 0 Å². The molecule has 14 heavy (non-hydrogen) atoms. The van der Waals surface area contributed by atoms with Crippen molar-refractivity contribution >= 4 is 15.3 Å². The summed E-state index contributed by atoms with van der Waals surface area (Å²) in [5.41, 5.74) is 0.340. The van der Waals surface area contributed by atoms with Gasteiger partial charge in [0.1, 0.15) is 13.2 Å². The average molecular weight is 222 g/mol. The summed E-state index contributed by atoms with van der Waals surface area (Å²) in [6.45, 7) is 5.22. The van der Waals surface area contributed by atoms with Gasteiger partial charge in [0, 0.05) is 24.3 Å². The van der Waals surface area contributed by atoms with Crippen LogP contribution < -0.4 is 0 Å². The lowest BCUT2D eigenvalue weighted by atomic mass is 10.4. The fourth-order valence-electron chi connectivity index (χ4n) is 0.576. The number of hydrogen-bond donors (Lipinski definition) is 0. The fourth-order valence-corrected chi connectivity index (χ4v) is 1.21. The quantitative estimate of drug-likeness (QED) is 0.391. The van der Waals surface area contributed by atoms with Gasteiger partial charge >= 0.3 is 5.97 Å². The van der Waals surface area contributed by atoms with E-state index < -0.39 is 15.3 Å². The van der Waals surface area contributed by atoms with Crippen molar-refractivity contribution in [1.29, 1.82) is 0 Å². The first-order valence-corrected chi connectivity index (χ1v) is 7.26. The van der Waals surface area contributed by atoms with E-state index in [1.54, 1.807) is 6.92 Å². The third-order valence-corrected chi connectivity index (χ3v) is 2.12. The highest BCUT2D eigenvalue weighted by Gasteiger charge is 2.11. The van der Waals surface area contributed by atoms with E-state index in [9.17, 15) is 9.00 Å². The molecule has 0 unspecified atom stereocenters. The number of carbonyl (C=O) groups is 1. The van der Waals surface area contributed by atoms with Gasteiger partial charge in [0.25, 0.3) is 0 Å². The first kappa shape index (κ1) is 13.3. The van der Waals surface area contributed by atoms with Gasteiger partial charge in [0.15, 0.2) is 0 Å². The van der Waals surface area contributed by atoms with E-state index in [-0.39, 0.29) is 13.2 Å². The van der Waals surface area contributed by atoms with Crippen LogP contribution in [0.2, 0.25) is 0 Å².